The number of nitrogens with zero attached hydrogens (tertiary/aromatic N) is 2. The van der Waals surface area contributed by atoms with E-state index in [4.69, 9.17) is 5.84 Å². The molecule has 0 unspecified atom stereocenters. The van der Waals surface area contributed by atoms with Crippen LogP contribution in [0.2, 0.25) is 0 Å². The highest BCUT2D eigenvalue weighted by Crippen LogP contribution is 2.23. The van der Waals surface area contributed by atoms with E-state index < -0.39 is 0 Å². The molecule has 0 aliphatic rings. The molecule has 100 valence electrons. The van der Waals surface area contributed by atoms with Crippen LogP contribution in [0, 0.1) is 12.7 Å². The summed E-state index contributed by atoms with van der Waals surface area (Å²) < 4.78 is 13.2. The van der Waals surface area contributed by atoms with Crippen LogP contribution in [0.15, 0.2) is 29.4 Å². The zero-order valence-electron chi connectivity index (χ0n) is 10.6. The van der Waals surface area contributed by atoms with Crippen molar-refractivity contribution in [2.45, 2.75) is 12.1 Å². The van der Waals surface area contributed by atoms with E-state index in [0.29, 0.717) is 22.5 Å². The predicted octanol–water partition coefficient (Wildman–Crippen LogP) is 2.68. The Morgan fingerprint density at radius 1 is 1.21 bits per heavy atom. The highest BCUT2D eigenvalue weighted by atomic mass is 32.2. The van der Waals surface area contributed by atoms with Gasteiger partial charge in [0.15, 0.2) is 5.16 Å². The average Bonchev–Trinajstić information content (AvgIpc) is 2.42. The third-order valence-corrected chi connectivity index (χ3v) is 3.05. The van der Waals surface area contributed by atoms with E-state index in [1.807, 2.05) is 13.2 Å². The van der Waals surface area contributed by atoms with Gasteiger partial charge in [-0.05, 0) is 30.9 Å². The molecule has 1 aromatic carbocycles. The number of nitrogens with one attached hydrogen (secondary N) is 2. The van der Waals surface area contributed by atoms with E-state index in [1.54, 1.807) is 12.1 Å². The number of anilines is 3. The Morgan fingerprint density at radius 2 is 1.95 bits per heavy atom. The molecule has 0 saturated carbocycles. The van der Waals surface area contributed by atoms with Crippen LogP contribution in [0.3, 0.4) is 0 Å². The van der Waals surface area contributed by atoms with Crippen LogP contribution in [0.1, 0.15) is 5.56 Å². The fourth-order valence-electron chi connectivity index (χ4n) is 1.52. The SMILES string of the molecule is CSc1nc(NN)cc(Nc2cc(F)ccc2C)n1. The van der Waals surface area contributed by atoms with Crippen molar-refractivity contribution >= 4 is 29.1 Å². The number of benzene rings is 1. The van der Waals surface area contributed by atoms with Gasteiger partial charge in [0, 0.05) is 11.8 Å². The molecule has 19 heavy (non-hydrogen) atoms. The minimum Gasteiger partial charge on any atom is -0.340 e. The molecule has 0 bridgehead atoms. The van der Waals surface area contributed by atoms with E-state index in [-0.39, 0.29) is 5.82 Å². The summed E-state index contributed by atoms with van der Waals surface area (Å²) >= 11 is 1.40. The summed E-state index contributed by atoms with van der Waals surface area (Å²) in [5, 5.41) is 3.64. The topological polar surface area (TPSA) is 75.9 Å². The monoisotopic (exact) mass is 279 g/mol. The molecule has 0 amide bonds. The van der Waals surface area contributed by atoms with Crippen molar-refractivity contribution in [3.05, 3.63) is 35.6 Å². The third-order valence-electron chi connectivity index (χ3n) is 2.50. The highest BCUT2D eigenvalue weighted by Gasteiger charge is 2.06. The molecule has 0 atom stereocenters. The number of nitrogens with two attached hydrogens (primary N) is 1. The summed E-state index contributed by atoms with van der Waals surface area (Å²) in [6.07, 6.45) is 1.87. The van der Waals surface area contributed by atoms with Crippen molar-refractivity contribution in [2.24, 2.45) is 5.84 Å². The number of hydrogen-bond acceptors (Lipinski definition) is 6. The Bertz CT molecular complexity index is 568. The minimum absolute atomic E-state index is 0.301. The largest absolute Gasteiger partial charge is 0.340 e. The number of aromatic nitrogens is 2. The molecule has 5 nitrogen and oxygen atoms in total. The summed E-state index contributed by atoms with van der Waals surface area (Å²) in [5.41, 5.74) is 4.06. The smallest absolute Gasteiger partial charge is 0.191 e. The van der Waals surface area contributed by atoms with Gasteiger partial charge in [0.25, 0.3) is 0 Å². The molecule has 0 spiro atoms. The predicted molar refractivity (Wildman–Crippen MR) is 76.0 cm³/mol. The molecule has 1 aromatic heterocycles. The van der Waals surface area contributed by atoms with Gasteiger partial charge in [-0.3, -0.25) is 0 Å². The van der Waals surface area contributed by atoms with Crippen molar-refractivity contribution in [1.82, 2.24) is 9.97 Å². The molecule has 1 heterocycles. The van der Waals surface area contributed by atoms with Gasteiger partial charge in [0.2, 0.25) is 0 Å². The lowest BCUT2D eigenvalue weighted by atomic mass is 10.2. The van der Waals surface area contributed by atoms with Gasteiger partial charge >= 0.3 is 0 Å². The standard InChI is InChI=1S/C12H14FN5S/c1-7-3-4-8(13)5-9(7)15-10-6-11(18-14)17-12(16-10)19-2/h3-6H,14H2,1-2H3,(H2,15,16,17,18). The molecule has 4 N–H and O–H groups in total. The van der Waals surface area contributed by atoms with E-state index in [2.05, 4.69) is 20.7 Å². The van der Waals surface area contributed by atoms with Gasteiger partial charge in [0.1, 0.15) is 17.5 Å². The first-order valence-electron chi connectivity index (χ1n) is 5.55. The van der Waals surface area contributed by atoms with Gasteiger partial charge in [-0.25, -0.2) is 20.2 Å². The van der Waals surface area contributed by atoms with E-state index in [9.17, 15) is 4.39 Å². The second-order valence-electron chi connectivity index (χ2n) is 3.85. The third kappa shape index (κ3) is 3.33. The number of halogens is 1. The Kier molecular flexibility index (Phi) is 4.18. The fraction of sp³-hybridized carbons (Fsp3) is 0.167. The molecule has 0 radical (unpaired) electrons. The van der Waals surface area contributed by atoms with Crippen molar-refractivity contribution < 1.29 is 4.39 Å². The maximum atomic E-state index is 13.2. The second-order valence-corrected chi connectivity index (χ2v) is 4.63. The quantitative estimate of drug-likeness (QED) is 0.346. The molecule has 0 fully saturated rings. The van der Waals surface area contributed by atoms with Crippen LogP contribution in [-0.4, -0.2) is 16.2 Å². The number of nitrogen functional groups attached to an aromatic ring is 1. The molecule has 0 aliphatic heterocycles. The zero-order valence-corrected chi connectivity index (χ0v) is 11.4. The van der Waals surface area contributed by atoms with Crippen LogP contribution in [0.5, 0.6) is 0 Å². The number of hydrazine groups is 1. The lowest BCUT2D eigenvalue weighted by molar-refractivity contribution is 0.628. The van der Waals surface area contributed by atoms with Crippen molar-refractivity contribution in [2.75, 3.05) is 17.0 Å². The molecular formula is C12H14FN5S. The van der Waals surface area contributed by atoms with Crippen molar-refractivity contribution in [3.63, 3.8) is 0 Å². The minimum atomic E-state index is -0.301. The average molecular weight is 279 g/mol. The van der Waals surface area contributed by atoms with E-state index in [1.165, 1.54) is 23.9 Å². The van der Waals surface area contributed by atoms with Crippen LogP contribution in [-0.2, 0) is 0 Å². The highest BCUT2D eigenvalue weighted by molar-refractivity contribution is 7.98. The zero-order chi connectivity index (χ0) is 13.8. The maximum absolute atomic E-state index is 13.2. The molecule has 2 rings (SSSR count). The number of thioether (sulfide) groups is 1. The Hall–Kier alpha value is -1.86. The lowest BCUT2D eigenvalue weighted by Crippen LogP contribution is -2.10. The van der Waals surface area contributed by atoms with E-state index in [0.717, 1.165) is 5.56 Å². The number of rotatable bonds is 4. The summed E-state index contributed by atoms with van der Waals surface area (Å²) in [4.78, 5) is 8.44. The maximum Gasteiger partial charge on any atom is 0.191 e. The van der Waals surface area contributed by atoms with Crippen LogP contribution >= 0.6 is 11.8 Å². The number of aryl methyl sites for hydroxylation is 1. The van der Waals surface area contributed by atoms with Crippen molar-refractivity contribution in [1.29, 1.82) is 0 Å². The Balaban J connectivity index is 2.34. The Morgan fingerprint density at radius 3 is 2.63 bits per heavy atom. The van der Waals surface area contributed by atoms with Crippen LogP contribution in [0.25, 0.3) is 0 Å². The first-order chi connectivity index (χ1) is 9.12. The summed E-state index contributed by atoms with van der Waals surface area (Å²) in [5.74, 6) is 6.10. The van der Waals surface area contributed by atoms with Gasteiger partial charge < -0.3 is 10.7 Å². The summed E-state index contributed by atoms with van der Waals surface area (Å²) in [7, 11) is 0. The van der Waals surface area contributed by atoms with Gasteiger partial charge in [-0.2, -0.15) is 0 Å². The van der Waals surface area contributed by atoms with Gasteiger partial charge in [0.05, 0.1) is 0 Å². The Labute approximate surface area is 114 Å². The van der Waals surface area contributed by atoms with Gasteiger partial charge in [-0.15, -0.1) is 0 Å². The molecule has 0 aliphatic carbocycles. The van der Waals surface area contributed by atoms with Crippen LogP contribution < -0.4 is 16.6 Å². The van der Waals surface area contributed by atoms with Gasteiger partial charge in [-0.1, -0.05) is 17.8 Å². The lowest BCUT2D eigenvalue weighted by Gasteiger charge is -2.11. The molecule has 2 aromatic rings. The van der Waals surface area contributed by atoms with Crippen molar-refractivity contribution in [3.8, 4) is 0 Å². The number of hydrogen-bond donors (Lipinski definition) is 3. The fourth-order valence-corrected chi connectivity index (χ4v) is 1.90. The first-order valence-corrected chi connectivity index (χ1v) is 6.77. The molecule has 7 heteroatoms. The normalized spacial score (nSPS) is 10.3. The molecule has 0 saturated heterocycles. The molecular weight excluding hydrogens is 265 g/mol. The second kappa shape index (κ2) is 5.85. The first kappa shape index (κ1) is 13.6. The summed E-state index contributed by atoms with van der Waals surface area (Å²) in [6.45, 7) is 1.89. The summed E-state index contributed by atoms with van der Waals surface area (Å²) in [6, 6.07) is 6.20. The van der Waals surface area contributed by atoms with E-state index >= 15 is 0 Å². The van der Waals surface area contributed by atoms with Crippen LogP contribution in [0.4, 0.5) is 21.7 Å².